The second-order valence-corrected chi connectivity index (χ2v) is 1.74. The molecule has 0 radical (unpaired) electrons. The van der Waals surface area contributed by atoms with Crippen LogP contribution in [0.1, 0.15) is 13.3 Å². The largest absolute Gasteiger partial charge is 0.103 e. The van der Waals surface area contributed by atoms with Gasteiger partial charge in [-0.15, -0.1) is 13.2 Å². The van der Waals surface area contributed by atoms with E-state index in [0.29, 0.717) is 5.92 Å². The zero-order valence-electron chi connectivity index (χ0n) is 4.85. The van der Waals surface area contributed by atoms with Crippen LogP contribution in [-0.4, -0.2) is 0 Å². The van der Waals surface area contributed by atoms with E-state index in [4.69, 9.17) is 0 Å². The quantitative estimate of drug-likeness (QED) is 0.473. The SMILES string of the molecule is C=CC[C@@H](C)C=C. The molecule has 0 unspecified atom stereocenters. The molecule has 0 aliphatic carbocycles. The van der Waals surface area contributed by atoms with Gasteiger partial charge < -0.3 is 0 Å². The van der Waals surface area contributed by atoms with E-state index < -0.39 is 0 Å². The van der Waals surface area contributed by atoms with Gasteiger partial charge in [-0.3, -0.25) is 0 Å². The summed E-state index contributed by atoms with van der Waals surface area (Å²) in [6, 6.07) is 0. The van der Waals surface area contributed by atoms with Crippen molar-refractivity contribution in [2.75, 3.05) is 0 Å². The van der Waals surface area contributed by atoms with Gasteiger partial charge in [0.15, 0.2) is 0 Å². The first-order chi connectivity index (χ1) is 3.31. The van der Waals surface area contributed by atoms with Crippen molar-refractivity contribution in [1.29, 1.82) is 0 Å². The predicted molar refractivity (Wildman–Crippen MR) is 34.2 cm³/mol. The smallest absolute Gasteiger partial charge is 0.0230 e. The van der Waals surface area contributed by atoms with Crippen molar-refractivity contribution in [3.8, 4) is 0 Å². The minimum atomic E-state index is 0.595. The van der Waals surface area contributed by atoms with E-state index in [-0.39, 0.29) is 0 Å². The molecule has 0 aromatic heterocycles. The third kappa shape index (κ3) is 3.31. The van der Waals surface area contributed by atoms with Crippen LogP contribution in [0.3, 0.4) is 0 Å². The fourth-order valence-electron chi connectivity index (χ4n) is 0.359. The van der Waals surface area contributed by atoms with Gasteiger partial charge in [-0.2, -0.15) is 0 Å². The molecular formula is C7H12. The molecule has 0 bridgehead atoms. The standard InChI is InChI=1S/C7H12/c1-4-6-7(3)5-2/h4-5,7H,1-2,6H2,3H3/t7-/m0/s1. The van der Waals surface area contributed by atoms with Crippen LogP contribution >= 0.6 is 0 Å². The zero-order valence-corrected chi connectivity index (χ0v) is 4.85. The summed E-state index contributed by atoms with van der Waals surface area (Å²) in [7, 11) is 0. The number of allylic oxidation sites excluding steroid dienone is 2. The number of hydrogen-bond donors (Lipinski definition) is 0. The van der Waals surface area contributed by atoms with Gasteiger partial charge in [0.05, 0.1) is 0 Å². The van der Waals surface area contributed by atoms with Crippen LogP contribution in [0.15, 0.2) is 25.3 Å². The first kappa shape index (κ1) is 6.48. The van der Waals surface area contributed by atoms with Gasteiger partial charge in [-0.05, 0) is 12.3 Å². The summed E-state index contributed by atoms with van der Waals surface area (Å²) in [5, 5.41) is 0. The molecule has 1 atom stereocenters. The van der Waals surface area contributed by atoms with Gasteiger partial charge >= 0.3 is 0 Å². The summed E-state index contributed by atoms with van der Waals surface area (Å²) in [6.07, 6.45) is 4.89. The Balaban J connectivity index is 3.15. The first-order valence-corrected chi connectivity index (χ1v) is 2.54. The van der Waals surface area contributed by atoms with Crippen LogP contribution in [0.2, 0.25) is 0 Å². The molecule has 7 heavy (non-hydrogen) atoms. The maximum Gasteiger partial charge on any atom is -0.0230 e. The second kappa shape index (κ2) is 3.66. The van der Waals surface area contributed by atoms with Crippen LogP contribution in [0.4, 0.5) is 0 Å². The predicted octanol–water partition coefficient (Wildman–Crippen LogP) is 2.38. The molecule has 0 rings (SSSR count). The molecule has 0 aromatic rings. The normalized spacial score (nSPS) is 12.7. The lowest BCUT2D eigenvalue weighted by Crippen LogP contribution is -1.82. The second-order valence-electron chi connectivity index (χ2n) is 1.74. The Morgan fingerprint density at radius 1 is 1.57 bits per heavy atom. The Labute approximate surface area is 45.5 Å². The molecule has 0 amide bonds. The van der Waals surface area contributed by atoms with E-state index in [2.05, 4.69) is 20.1 Å². The molecule has 0 aliphatic heterocycles. The number of rotatable bonds is 3. The van der Waals surface area contributed by atoms with E-state index >= 15 is 0 Å². The first-order valence-electron chi connectivity index (χ1n) is 2.54. The van der Waals surface area contributed by atoms with Crippen LogP contribution in [0, 0.1) is 5.92 Å². The van der Waals surface area contributed by atoms with Gasteiger partial charge in [0, 0.05) is 0 Å². The lowest BCUT2D eigenvalue weighted by atomic mass is 10.1. The maximum atomic E-state index is 3.63. The van der Waals surface area contributed by atoms with Crippen molar-refractivity contribution in [3.63, 3.8) is 0 Å². The minimum absolute atomic E-state index is 0.595. The molecule has 0 aliphatic rings. The lowest BCUT2D eigenvalue weighted by Gasteiger charge is -1.95. The van der Waals surface area contributed by atoms with Crippen molar-refractivity contribution >= 4 is 0 Å². The highest BCUT2D eigenvalue weighted by molar-refractivity contribution is 4.81. The van der Waals surface area contributed by atoms with Gasteiger partial charge in [0.25, 0.3) is 0 Å². The van der Waals surface area contributed by atoms with Gasteiger partial charge in [0.2, 0.25) is 0 Å². The van der Waals surface area contributed by atoms with Crippen LogP contribution in [0.25, 0.3) is 0 Å². The van der Waals surface area contributed by atoms with Gasteiger partial charge in [-0.1, -0.05) is 19.1 Å². The molecule has 0 heterocycles. The fourth-order valence-corrected chi connectivity index (χ4v) is 0.359. The summed E-state index contributed by atoms with van der Waals surface area (Å²) in [4.78, 5) is 0. The molecule has 40 valence electrons. The third-order valence-corrected chi connectivity index (χ3v) is 0.941. The fraction of sp³-hybridized carbons (Fsp3) is 0.429. The van der Waals surface area contributed by atoms with Crippen molar-refractivity contribution in [3.05, 3.63) is 25.3 Å². The van der Waals surface area contributed by atoms with Crippen molar-refractivity contribution < 1.29 is 0 Å². The van der Waals surface area contributed by atoms with Gasteiger partial charge in [0.1, 0.15) is 0 Å². The summed E-state index contributed by atoms with van der Waals surface area (Å²) in [6.45, 7) is 9.35. The molecule has 0 spiro atoms. The van der Waals surface area contributed by atoms with Crippen molar-refractivity contribution in [2.45, 2.75) is 13.3 Å². The number of hydrogen-bond acceptors (Lipinski definition) is 0. The molecular weight excluding hydrogens is 84.1 g/mol. The van der Waals surface area contributed by atoms with Crippen molar-refractivity contribution in [1.82, 2.24) is 0 Å². The Morgan fingerprint density at radius 3 is 2.29 bits per heavy atom. The van der Waals surface area contributed by atoms with E-state index in [1.54, 1.807) is 0 Å². The van der Waals surface area contributed by atoms with Crippen molar-refractivity contribution in [2.24, 2.45) is 5.92 Å². The third-order valence-electron chi connectivity index (χ3n) is 0.941. The maximum absolute atomic E-state index is 3.63. The lowest BCUT2D eigenvalue weighted by molar-refractivity contribution is 0.748. The molecule has 0 N–H and O–H groups in total. The Bertz CT molecular complexity index is 62.4. The Hall–Kier alpha value is -0.520. The molecule has 0 aromatic carbocycles. The van der Waals surface area contributed by atoms with E-state index in [0.717, 1.165) is 6.42 Å². The van der Waals surface area contributed by atoms with E-state index in [9.17, 15) is 0 Å². The molecule has 0 fully saturated rings. The average molecular weight is 96.2 g/mol. The Morgan fingerprint density at radius 2 is 2.14 bits per heavy atom. The van der Waals surface area contributed by atoms with Crippen LogP contribution in [-0.2, 0) is 0 Å². The van der Waals surface area contributed by atoms with Crippen LogP contribution in [0.5, 0.6) is 0 Å². The molecule has 0 saturated carbocycles. The summed E-state index contributed by atoms with van der Waals surface area (Å²) in [5.74, 6) is 0.595. The van der Waals surface area contributed by atoms with Crippen LogP contribution < -0.4 is 0 Å². The summed E-state index contributed by atoms with van der Waals surface area (Å²) in [5.41, 5.74) is 0. The van der Waals surface area contributed by atoms with E-state index in [1.165, 1.54) is 0 Å². The monoisotopic (exact) mass is 96.1 g/mol. The molecule has 0 saturated heterocycles. The highest BCUT2D eigenvalue weighted by Crippen LogP contribution is 2.00. The highest BCUT2D eigenvalue weighted by Gasteiger charge is 1.86. The Kier molecular flexibility index (Phi) is 3.39. The summed E-state index contributed by atoms with van der Waals surface area (Å²) < 4.78 is 0. The topological polar surface area (TPSA) is 0 Å². The van der Waals surface area contributed by atoms with E-state index in [1.807, 2.05) is 12.2 Å². The summed E-state index contributed by atoms with van der Waals surface area (Å²) >= 11 is 0. The molecule has 0 heteroatoms. The molecule has 0 nitrogen and oxygen atoms in total. The zero-order chi connectivity index (χ0) is 5.70. The highest BCUT2D eigenvalue weighted by atomic mass is 13.9. The minimum Gasteiger partial charge on any atom is -0.103 e. The van der Waals surface area contributed by atoms with Gasteiger partial charge in [-0.25, -0.2) is 0 Å². The average Bonchev–Trinajstić information content (AvgIpc) is 1.68.